The number of hydrogen-bond donors (Lipinski definition) is 1. The predicted octanol–water partition coefficient (Wildman–Crippen LogP) is 1.05. The van der Waals surface area contributed by atoms with E-state index in [0.29, 0.717) is 5.69 Å². The van der Waals surface area contributed by atoms with Gasteiger partial charge in [-0.25, -0.2) is 4.98 Å². The highest BCUT2D eigenvalue weighted by atomic mass is 16.5. The molecule has 3 nitrogen and oxygen atoms in total. The predicted molar refractivity (Wildman–Crippen MR) is 56.2 cm³/mol. The maximum atomic E-state index is 5.12. The SMILES string of the molecule is CNCCC#Cc1ncccc1OC. The molecule has 14 heavy (non-hydrogen) atoms. The van der Waals surface area contributed by atoms with Crippen molar-refractivity contribution in [3.63, 3.8) is 0 Å². The molecule has 0 radical (unpaired) electrons. The minimum atomic E-state index is 0.700. The van der Waals surface area contributed by atoms with Crippen LogP contribution < -0.4 is 10.1 Å². The molecule has 0 amide bonds. The summed E-state index contributed by atoms with van der Waals surface area (Å²) in [5.74, 6) is 6.72. The summed E-state index contributed by atoms with van der Waals surface area (Å²) in [6, 6.07) is 3.69. The van der Waals surface area contributed by atoms with Crippen LogP contribution in [-0.4, -0.2) is 25.7 Å². The van der Waals surface area contributed by atoms with Gasteiger partial charge in [0, 0.05) is 19.2 Å². The first-order valence-electron chi connectivity index (χ1n) is 4.51. The van der Waals surface area contributed by atoms with Gasteiger partial charge in [-0.2, -0.15) is 0 Å². The molecule has 1 rings (SSSR count). The van der Waals surface area contributed by atoms with E-state index in [4.69, 9.17) is 4.74 Å². The Balaban J connectivity index is 2.68. The highest BCUT2D eigenvalue weighted by Crippen LogP contribution is 2.12. The number of ether oxygens (including phenoxy) is 1. The molecule has 1 aromatic heterocycles. The average Bonchev–Trinajstić information content (AvgIpc) is 2.25. The van der Waals surface area contributed by atoms with Crippen molar-refractivity contribution in [2.75, 3.05) is 20.7 Å². The fraction of sp³-hybridized carbons (Fsp3) is 0.364. The summed E-state index contributed by atoms with van der Waals surface area (Å²) in [7, 11) is 3.53. The molecule has 74 valence electrons. The summed E-state index contributed by atoms with van der Waals surface area (Å²) < 4.78 is 5.12. The zero-order valence-electron chi connectivity index (χ0n) is 8.50. The lowest BCUT2D eigenvalue weighted by molar-refractivity contribution is 0.411. The Bertz CT molecular complexity index is 339. The maximum absolute atomic E-state index is 5.12. The molecule has 0 bridgehead atoms. The zero-order valence-corrected chi connectivity index (χ0v) is 8.50. The Morgan fingerprint density at radius 2 is 2.43 bits per heavy atom. The first kappa shape index (κ1) is 10.6. The van der Waals surface area contributed by atoms with Gasteiger partial charge in [-0.3, -0.25) is 0 Å². The fourth-order valence-corrected chi connectivity index (χ4v) is 0.983. The molecular weight excluding hydrogens is 176 g/mol. The Morgan fingerprint density at radius 1 is 1.57 bits per heavy atom. The van der Waals surface area contributed by atoms with E-state index >= 15 is 0 Å². The van der Waals surface area contributed by atoms with Crippen LogP contribution in [0.5, 0.6) is 5.75 Å². The van der Waals surface area contributed by atoms with Crippen LogP contribution in [0.15, 0.2) is 18.3 Å². The van der Waals surface area contributed by atoms with Gasteiger partial charge >= 0.3 is 0 Å². The van der Waals surface area contributed by atoms with Crippen LogP contribution in [0.3, 0.4) is 0 Å². The lowest BCUT2D eigenvalue weighted by atomic mass is 10.3. The smallest absolute Gasteiger partial charge is 0.155 e. The quantitative estimate of drug-likeness (QED) is 0.571. The van der Waals surface area contributed by atoms with Gasteiger partial charge < -0.3 is 10.1 Å². The molecule has 1 N–H and O–H groups in total. The van der Waals surface area contributed by atoms with Gasteiger partial charge in [0.1, 0.15) is 0 Å². The normalized spacial score (nSPS) is 9.00. The highest BCUT2D eigenvalue weighted by molar-refractivity contribution is 5.40. The van der Waals surface area contributed by atoms with Crippen molar-refractivity contribution in [1.29, 1.82) is 0 Å². The van der Waals surface area contributed by atoms with Crippen molar-refractivity contribution in [3.05, 3.63) is 24.0 Å². The van der Waals surface area contributed by atoms with Gasteiger partial charge in [-0.05, 0) is 25.1 Å². The average molecular weight is 190 g/mol. The monoisotopic (exact) mass is 190 g/mol. The molecule has 1 heterocycles. The van der Waals surface area contributed by atoms with Crippen LogP contribution in [0.1, 0.15) is 12.1 Å². The van der Waals surface area contributed by atoms with Crippen molar-refractivity contribution in [2.24, 2.45) is 0 Å². The molecule has 0 atom stereocenters. The van der Waals surface area contributed by atoms with Crippen molar-refractivity contribution < 1.29 is 4.74 Å². The summed E-state index contributed by atoms with van der Waals surface area (Å²) in [6.07, 6.45) is 2.53. The molecule has 1 aromatic rings. The van der Waals surface area contributed by atoms with E-state index in [9.17, 15) is 0 Å². The van der Waals surface area contributed by atoms with Crippen LogP contribution in [0.2, 0.25) is 0 Å². The van der Waals surface area contributed by atoms with Gasteiger partial charge in [-0.1, -0.05) is 5.92 Å². The van der Waals surface area contributed by atoms with Gasteiger partial charge in [0.15, 0.2) is 11.4 Å². The first-order chi connectivity index (χ1) is 6.88. The van der Waals surface area contributed by atoms with E-state index < -0.39 is 0 Å². The van der Waals surface area contributed by atoms with Crippen molar-refractivity contribution in [1.82, 2.24) is 10.3 Å². The second-order valence-electron chi connectivity index (χ2n) is 2.71. The second kappa shape index (κ2) is 6.01. The molecule has 0 saturated heterocycles. The van der Waals surface area contributed by atoms with Gasteiger partial charge in [-0.15, -0.1) is 0 Å². The lowest BCUT2D eigenvalue weighted by Crippen LogP contribution is -2.05. The number of nitrogens with zero attached hydrogens (tertiary/aromatic N) is 1. The number of nitrogens with one attached hydrogen (secondary N) is 1. The maximum Gasteiger partial charge on any atom is 0.155 e. The molecule has 0 fully saturated rings. The van der Waals surface area contributed by atoms with E-state index in [1.54, 1.807) is 13.3 Å². The Morgan fingerprint density at radius 3 is 3.14 bits per heavy atom. The summed E-state index contributed by atoms with van der Waals surface area (Å²) in [5, 5.41) is 3.03. The van der Waals surface area contributed by atoms with Gasteiger partial charge in [0.25, 0.3) is 0 Å². The Kier molecular flexibility index (Phi) is 4.53. The molecule has 0 aromatic carbocycles. The van der Waals surface area contributed by atoms with Crippen LogP contribution in [0.25, 0.3) is 0 Å². The number of hydrogen-bond acceptors (Lipinski definition) is 3. The molecule has 3 heteroatoms. The minimum absolute atomic E-state index is 0.700. The molecule has 0 aliphatic carbocycles. The van der Waals surface area contributed by atoms with Crippen molar-refractivity contribution in [2.45, 2.75) is 6.42 Å². The molecule has 0 spiro atoms. The van der Waals surface area contributed by atoms with Gasteiger partial charge in [0.05, 0.1) is 7.11 Å². The van der Waals surface area contributed by atoms with E-state index in [-0.39, 0.29) is 0 Å². The molecular formula is C11H14N2O. The molecule has 0 aliphatic heterocycles. The zero-order chi connectivity index (χ0) is 10.2. The Labute approximate surface area is 84.5 Å². The fourth-order valence-electron chi connectivity index (χ4n) is 0.983. The number of pyridine rings is 1. The first-order valence-corrected chi connectivity index (χ1v) is 4.51. The standard InChI is InChI=1S/C11H14N2O/c1-12-8-4-3-6-10-11(14-2)7-5-9-13-10/h5,7,9,12H,4,8H2,1-2H3. The number of aromatic nitrogens is 1. The highest BCUT2D eigenvalue weighted by Gasteiger charge is 1.97. The van der Waals surface area contributed by atoms with Crippen LogP contribution in [0.4, 0.5) is 0 Å². The third-order valence-electron chi connectivity index (χ3n) is 1.70. The van der Waals surface area contributed by atoms with Crippen molar-refractivity contribution in [3.8, 4) is 17.6 Å². The molecule has 0 unspecified atom stereocenters. The van der Waals surface area contributed by atoms with Crippen LogP contribution in [-0.2, 0) is 0 Å². The largest absolute Gasteiger partial charge is 0.494 e. The summed E-state index contributed by atoms with van der Waals surface area (Å²) in [5.41, 5.74) is 0.700. The molecule has 0 aliphatic rings. The van der Waals surface area contributed by atoms with Gasteiger partial charge in [0.2, 0.25) is 0 Å². The summed E-state index contributed by atoms with van der Waals surface area (Å²) >= 11 is 0. The minimum Gasteiger partial charge on any atom is -0.494 e. The third-order valence-corrected chi connectivity index (χ3v) is 1.70. The van der Waals surface area contributed by atoms with Crippen LogP contribution in [0, 0.1) is 11.8 Å². The molecule has 0 saturated carbocycles. The second-order valence-corrected chi connectivity index (χ2v) is 2.71. The third kappa shape index (κ3) is 3.08. The Hall–Kier alpha value is -1.53. The summed E-state index contributed by atoms with van der Waals surface area (Å²) in [6.45, 7) is 0.891. The summed E-state index contributed by atoms with van der Waals surface area (Å²) in [4.78, 5) is 4.13. The van der Waals surface area contributed by atoms with E-state index in [1.807, 2.05) is 19.2 Å². The number of rotatable bonds is 3. The lowest BCUT2D eigenvalue weighted by Gasteiger charge is -1.99. The number of methoxy groups -OCH3 is 1. The van der Waals surface area contributed by atoms with E-state index in [1.165, 1.54) is 0 Å². The topological polar surface area (TPSA) is 34.2 Å². The van der Waals surface area contributed by atoms with Crippen molar-refractivity contribution >= 4 is 0 Å². The van der Waals surface area contributed by atoms with Crippen LogP contribution >= 0.6 is 0 Å². The van der Waals surface area contributed by atoms with E-state index in [0.717, 1.165) is 18.7 Å². The van der Waals surface area contributed by atoms with E-state index in [2.05, 4.69) is 22.1 Å².